The van der Waals surface area contributed by atoms with E-state index in [1.165, 1.54) is 11.3 Å². The first-order valence-electron chi connectivity index (χ1n) is 5.75. The first-order valence-corrected chi connectivity index (χ1v) is 7.35. The molecule has 2 N–H and O–H groups in total. The van der Waals surface area contributed by atoms with Crippen LogP contribution in [-0.2, 0) is 17.8 Å². The first-order chi connectivity index (χ1) is 9.06. The highest BCUT2D eigenvalue weighted by Gasteiger charge is 2.09. The van der Waals surface area contributed by atoms with E-state index in [1.54, 1.807) is 0 Å². The lowest BCUT2D eigenvalue weighted by Crippen LogP contribution is -2.24. The van der Waals surface area contributed by atoms with Gasteiger partial charge in [0.1, 0.15) is 0 Å². The Morgan fingerprint density at radius 3 is 2.84 bits per heavy atom. The van der Waals surface area contributed by atoms with Crippen molar-refractivity contribution < 1.29 is 4.79 Å². The Labute approximate surface area is 125 Å². The van der Waals surface area contributed by atoms with Gasteiger partial charge in [0, 0.05) is 22.1 Å². The van der Waals surface area contributed by atoms with Crippen molar-refractivity contribution in [2.45, 2.75) is 19.9 Å². The lowest BCUT2D eigenvalue weighted by atomic mass is 10.2. The van der Waals surface area contributed by atoms with Crippen LogP contribution in [0, 0.1) is 10.9 Å². The third-order valence-electron chi connectivity index (χ3n) is 2.68. The summed E-state index contributed by atoms with van der Waals surface area (Å²) in [6.45, 7) is 2.36. The van der Waals surface area contributed by atoms with E-state index in [4.69, 9.17) is 23.8 Å². The second-order valence-corrected chi connectivity index (χ2v) is 6.29. The number of aryl methyl sites for hydroxylation is 1. The number of carbonyl (C=O) groups excluding carboxylic acids is 1. The zero-order valence-corrected chi connectivity index (χ0v) is 12.7. The van der Waals surface area contributed by atoms with E-state index >= 15 is 0 Å². The fourth-order valence-corrected chi connectivity index (χ4v) is 3.14. The molecule has 0 radical (unpaired) electrons. The van der Waals surface area contributed by atoms with Gasteiger partial charge < -0.3 is 10.3 Å². The molecule has 19 heavy (non-hydrogen) atoms. The molecule has 0 unspecified atom stereocenters. The van der Waals surface area contributed by atoms with Crippen LogP contribution in [-0.4, -0.2) is 10.9 Å². The van der Waals surface area contributed by atoms with Crippen LogP contribution in [0.2, 0.25) is 5.02 Å². The van der Waals surface area contributed by atoms with Gasteiger partial charge in [0.15, 0.2) is 3.95 Å². The Morgan fingerprint density at radius 1 is 1.47 bits per heavy atom. The van der Waals surface area contributed by atoms with Gasteiger partial charge in [-0.3, -0.25) is 4.79 Å². The van der Waals surface area contributed by atoms with Gasteiger partial charge >= 0.3 is 0 Å². The molecule has 3 nitrogen and oxygen atoms in total. The van der Waals surface area contributed by atoms with Crippen molar-refractivity contribution in [3.8, 4) is 0 Å². The Bertz CT molecular complexity index is 648. The lowest BCUT2D eigenvalue weighted by molar-refractivity contribution is -0.120. The molecule has 0 spiro atoms. The summed E-state index contributed by atoms with van der Waals surface area (Å²) in [6.07, 6.45) is 0.341. The number of nitrogens with one attached hydrogen (secondary N) is 2. The van der Waals surface area contributed by atoms with Gasteiger partial charge in [-0.25, -0.2) is 0 Å². The molecule has 1 aromatic carbocycles. The van der Waals surface area contributed by atoms with Gasteiger partial charge in [0.2, 0.25) is 5.91 Å². The van der Waals surface area contributed by atoms with Gasteiger partial charge in [0.05, 0.1) is 6.42 Å². The molecule has 100 valence electrons. The number of benzene rings is 1. The van der Waals surface area contributed by atoms with E-state index in [-0.39, 0.29) is 5.91 Å². The Balaban J connectivity index is 1.94. The molecule has 0 aliphatic carbocycles. The predicted octanol–water partition coefficient (Wildman–Crippen LogP) is 3.63. The molecule has 1 heterocycles. The van der Waals surface area contributed by atoms with Crippen LogP contribution in [0.15, 0.2) is 24.3 Å². The molecule has 1 amide bonds. The average molecular weight is 313 g/mol. The second kappa shape index (κ2) is 6.32. The molecule has 1 aromatic heterocycles. The maximum absolute atomic E-state index is 11.9. The first kappa shape index (κ1) is 14.2. The third kappa shape index (κ3) is 3.89. The highest BCUT2D eigenvalue weighted by molar-refractivity contribution is 7.73. The van der Waals surface area contributed by atoms with Crippen molar-refractivity contribution in [3.05, 3.63) is 49.4 Å². The summed E-state index contributed by atoms with van der Waals surface area (Å²) in [4.78, 5) is 15.9. The van der Waals surface area contributed by atoms with Crippen molar-refractivity contribution in [2.75, 3.05) is 0 Å². The fourth-order valence-electron chi connectivity index (χ4n) is 1.65. The minimum atomic E-state index is -0.0340. The van der Waals surface area contributed by atoms with Crippen LogP contribution in [0.5, 0.6) is 0 Å². The van der Waals surface area contributed by atoms with Crippen molar-refractivity contribution in [3.63, 3.8) is 0 Å². The highest BCUT2D eigenvalue weighted by atomic mass is 35.5. The molecule has 0 fully saturated rings. The number of aromatic nitrogens is 1. The predicted molar refractivity (Wildman–Crippen MR) is 81.2 cm³/mol. The fraction of sp³-hybridized carbons (Fsp3) is 0.231. The van der Waals surface area contributed by atoms with Crippen molar-refractivity contribution in [1.29, 1.82) is 0 Å². The third-order valence-corrected chi connectivity index (χ3v) is 4.38. The number of amides is 1. The highest BCUT2D eigenvalue weighted by Crippen LogP contribution is 2.16. The summed E-state index contributed by atoms with van der Waals surface area (Å²) in [5.41, 5.74) is 1.87. The van der Waals surface area contributed by atoms with Gasteiger partial charge in [-0.05, 0) is 30.8 Å². The Hall–Kier alpha value is -1.17. The van der Waals surface area contributed by atoms with Crippen LogP contribution in [0.3, 0.4) is 0 Å². The number of aromatic amines is 1. The molecule has 2 rings (SSSR count). The van der Waals surface area contributed by atoms with Crippen LogP contribution >= 0.6 is 35.2 Å². The molecule has 0 atom stereocenters. The lowest BCUT2D eigenvalue weighted by Gasteiger charge is -2.06. The molecule has 0 aliphatic rings. The molecule has 0 bridgehead atoms. The normalized spacial score (nSPS) is 10.4. The average Bonchev–Trinajstić information content (AvgIpc) is 2.67. The largest absolute Gasteiger partial charge is 0.352 e. The van der Waals surface area contributed by atoms with Gasteiger partial charge in [-0.2, -0.15) is 0 Å². The standard InChI is InChI=1S/C13H13ClN2OS2/c1-8-11(19-13(18)16-8)6-12(17)15-7-9-4-2-3-5-10(9)14/h2-5H,6-7H2,1H3,(H,15,17)(H,16,18). The molecule has 0 aliphatic heterocycles. The maximum atomic E-state index is 11.9. The zero-order chi connectivity index (χ0) is 13.8. The van der Waals surface area contributed by atoms with E-state index in [0.717, 1.165) is 16.1 Å². The number of hydrogen-bond acceptors (Lipinski definition) is 3. The Morgan fingerprint density at radius 2 is 2.21 bits per heavy atom. The van der Waals surface area contributed by atoms with Crippen LogP contribution in [0.25, 0.3) is 0 Å². The van der Waals surface area contributed by atoms with Crippen molar-refractivity contribution in [1.82, 2.24) is 10.3 Å². The summed E-state index contributed by atoms with van der Waals surface area (Å²) in [6, 6.07) is 7.47. The number of H-pyrrole nitrogens is 1. The minimum absolute atomic E-state index is 0.0340. The van der Waals surface area contributed by atoms with Crippen molar-refractivity contribution >= 4 is 41.1 Å². The zero-order valence-electron chi connectivity index (χ0n) is 10.3. The Kier molecular flexibility index (Phi) is 4.74. The van der Waals surface area contributed by atoms with E-state index in [1.807, 2.05) is 31.2 Å². The second-order valence-electron chi connectivity index (χ2n) is 4.11. The van der Waals surface area contributed by atoms with Gasteiger partial charge in [-0.15, -0.1) is 11.3 Å². The van der Waals surface area contributed by atoms with Gasteiger partial charge in [0.25, 0.3) is 0 Å². The summed E-state index contributed by atoms with van der Waals surface area (Å²) < 4.78 is 0.700. The summed E-state index contributed by atoms with van der Waals surface area (Å²) in [7, 11) is 0. The molecule has 2 aromatic rings. The van der Waals surface area contributed by atoms with Crippen LogP contribution in [0.4, 0.5) is 0 Å². The molecule has 6 heteroatoms. The van der Waals surface area contributed by atoms with Gasteiger partial charge in [-0.1, -0.05) is 29.8 Å². The molecular weight excluding hydrogens is 300 g/mol. The summed E-state index contributed by atoms with van der Waals surface area (Å²) in [5, 5.41) is 3.52. The van der Waals surface area contributed by atoms with Crippen LogP contribution in [0.1, 0.15) is 16.1 Å². The summed E-state index contributed by atoms with van der Waals surface area (Å²) in [5.74, 6) is -0.0340. The number of rotatable bonds is 4. The minimum Gasteiger partial charge on any atom is -0.352 e. The van der Waals surface area contributed by atoms with Crippen molar-refractivity contribution in [2.24, 2.45) is 0 Å². The smallest absolute Gasteiger partial charge is 0.225 e. The summed E-state index contributed by atoms with van der Waals surface area (Å²) >= 11 is 12.5. The molecule has 0 saturated heterocycles. The van der Waals surface area contributed by atoms with Crippen LogP contribution < -0.4 is 5.32 Å². The van der Waals surface area contributed by atoms with E-state index in [2.05, 4.69) is 10.3 Å². The number of halogens is 1. The molecular formula is C13H13ClN2OS2. The monoisotopic (exact) mass is 312 g/mol. The van der Waals surface area contributed by atoms with E-state index < -0.39 is 0 Å². The number of hydrogen-bond donors (Lipinski definition) is 2. The quantitative estimate of drug-likeness (QED) is 0.847. The van der Waals surface area contributed by atoms with E-state index in [0.29, 0.717) is 21.9 Å². The number of thiazole rings is 1. The maximum Gasteiger partial charge on any atom is 0.225 e. The topological polar surface area (TPSA) is 44.9 Å². The van der Waals surface area contributed by atoms with E-state index in [9.17, 15) is 4.79 Å². The molecule has 0 saturated carbocycles. The SMILES string of the molecule is Cc1[nH]c(=S)sc1CC(=O)NCc1ccccc1Cl. The number of carbonyl (C=O) groups is 1.